The molecular formula is C20H34O4. The van der Waals surface area contributed by atoms with E-state index in [1.54, 1.807) is 0 Å². The van der Waals surface area contributed by atoms with Gasteiger partial charge in [0.2, 0.25) is 0 Å². The Balaban J connectivity index is 2.38. The summed E-state index contributed by atoms with van der Waals surface area (Å²) in [5, 5.41) is 31.0. The van der Waals surface area contributed by atoms with Gasteiger partial charge in [-0.25, -0.2) is 0 Å². The van der Waals surface area contributed by atoms with Crippen molar-refractivity contribution in [3.63, 3.8) is 0 Å². The number of aliphatic hydroxyl groups is 3. The highest BCUT2D eigenvalue weighted by molar-refractivity contribution is 5.15. The topological polar surface area (TPSA) is 69.9 Å². The summed E-state index contributed by atoms with van der Waals surface area (Å²) in [5.41, 5.74) is -1.27. The number of allylic oxidation sites excluding steroid dienone is 1. The smallest absolute Gasteiger partial charge is 0.0892 e. The van der Waals surface area contributed by atoms with Crippen molar-refractivity contribution in [3.8, 4) is 0 Å². The summed E-state index contributed by atoms with van der Waals surface area (Å²) in [5.74, 6) is 0.249. The van der Waals surface area contributed by atoms with Gasteiger partial charge in [-0.2, -0.15) is 0 Å². The van der Waals surface area contributed by atoms with Gasteiger partial charge in [0.05, 0.1) is 29.5 Å². The minimum atomic E-state index is -0.906. The first-order valence-electron chi connectivity index (χ1n) is 9.22. The number of hydrogen-bond acceptors (Lipinski definition) is 4. The van der Waals surface area contributed by atoms with E-state index in [1.807, 2.05) is 32.1 Å². The van der Waals surface area contributed by atoms with Crippen molar-refractivity contribution in [3.05, 3.63) is 23.8 Å². The molecule has 0 aromatic heterocycles. The summed E-state index contributed by atoms with van der Waals surface area (Å²) in [4.78, 5) is 0. The van der Waals surface area contributed by atoms with Crippen LogP contribution < -0.4 is 0 Å². The highest BCUT2D eigenvalue weighted by Crippen LogP contribution is 2.43. The fourth-order valence-corrected chi connectivity index (χ4v) is 3.70. The molecule has 138 valence electrons. The molecule has 3 N–H and O–H groups in total. The Kier molecular flexibility index (Phi) is 5.96. The van der Waals surface area contributed by atoms with Gasteiger partial charge >= 0.3 is 0 Å². The highest BCUT2D eigenvalue weighted by atomic mass is 16.5. The number of fused-ring (bicyclic) bond motifs is 2. The number of aliphatic hydroxyl groups excluding tert-OH is 1. The monoisotopic (exact) mass is 338 g/mol. The average molecular weight is 338 g/mol. The highest BCUT2D eigenvalue weighted by Gasteiger charge is 2.47. The third kappa shape index (κ3) is 4.48. The molecular weight excluding hydrogens is 304 g/mol. The summed E-state index contributed by atoms with van der Waals surface area (Å²) < 4.78 is 6.45. The largest absolute Gasteiger partial charge is 0.392 e. The van der Waals surface area contributed by atoms with Crippen LogP contribution in [0.25, 0.3) is 0 Å². The Morgan fingerprint density at radius 1 is 1.17 bits per heavy atom. The molecule has 0 radical (unpaired) electrons. The van der Waals surface area contributed by atoms with E-state index in [-0.39, 0.29) is 18.6 Å². The number of rotatable bonds is 2. The molecule has 2 bridgehead atoms. The standard InChI is InChI=1S/C20H34O4/c1-15(2)20-12-10-18(3,22)9-5-6-16(14-21)7-8-17(24-20)19(4,23)11-13-20/h6,10,12,15,17,21-23H,5,7-9,11,13-14H2,1-4H3/b12-10-,16-6+/t17-,18-,19-,20-/m0/s1. The Labute approximate surface area is 146 Å². The summed E-state index contributed by atoms with van der Waals surface area (Å²) in [7, 11) is 0. The number of hydrogen-bond donors (Lipinski definition) is 3. The third-order valence-corrected chi connectivity index (χ3v) is 5.79. The first kappa shape index (κ1) is 19.6. The Hall–Kier alpha value is -0.680. The van der Waals surface area contributed by atoms with Crippen LogP contribution >= 0.6 is 0 Å². The maximum Gasteiger partial charge on any atom is 0.0892 e. The molecule has 1 saturated heterocycles. The molecule has 4 heteroatoms. The minimum Gasteiger partial charge on any atom is -0.392 e. The fraction of sp³-hybridized carbons (Fsp3) is 0.800. The van der Waals surface area contributed by atoms with Crippen LogP contribution in [0.15, 0.2) is 23.8 Å². The molecule has 4 nitrogen and oxygen atoms in total. The van der Waals surface area contributed by atoms with E-state index >= 15 is 0 Å². The molecule has 0 spiro atoms. The lowest BCUT2D eigenvalue weighted by molar-refractivity contribution is -0.210. The lowest BCUT2D eigenvalue weighted by atomic mass is 9.75. The van der Waals surface area contributed by atoms with Crippen LogP contribution in [0.3, 0.4) is 0 Å². The molecule has 2 aliphatic rings. The summed E-state index contributed by atoms with van der Waals surface area (Å²) in [6.45, 7) is 7.92. The molecule has 2 rings (SSSR count). The van der Waals surface area contributed by atoms with Gasteiger partial charge in [-0.05, 0) is 63.9 Å². The van der Waals surface area contributed by atoms with E-state index in [9.17, 15) is 15.3 Å². The zero-order valence-electron chi connectivity index (χ0n) is 15.6. The molecule has 0 aliphatic carbocycles. The van der Waals surface area contributed by atoms with Crippen LogP contribution in [0, 0.1) is 5.92 Å². The Morgan fingerprint density at radius 3 is 2.50 bits per heavy atom. The Bertz CT molecular complexity index is 490. The normalized spacial score (nSPS) is 45.0. The molecule has 0 saturated carbocycles. The van der Waals surface area contributed by atoms with Crippen LogP contribution in [0.1, 0.15) is 66.2 Å². The van der Waals surface area contributed by atoms with Gasteiger partial charge in [0, 0.05) is 0 Å². The zero-order chi connectivity index (χ0) is 18.0. The van der Waals surface area contributed by atoms with E-state index in [1.165, 1.54) is 0 Å². The molecule has 0 amide bonds. The predicted octanol–water partition coefficient (Wildman–Crippen LogP) is 3.11. The molecule has 0 aromatic rings. The maximum atomic E-state index is 10.8. The first-order chi connectivity index (χ1) is 11.1. The Morgan fingerprint density at radius 2 is 1.88 bits per heavy atom. The molecule has 24 heavy (non-hydrogen) atoms. The van der Waals surface area contributed by atoms with Gasteiger partial charge in [0.15, 0.2) is 0 Å². The molecule has 4 atom stereocenters. The van der Waals surface area contributed by atoms with E-state index in [0.717, 1.165) is 18.4 Å². The lowest BCUT2D eigenvalue weighted by Crippen LogP contribution is -2.55. The van der Waals surface area contributed by atoms with Crippen molar-refractivity contribution in [2.24, 2.45) is 5.92 Å². The number of ether oxygens (including phenoxy) is 1. The van der Waals surface area contributed by atoms with Gasteiger partial charge in [-0.3, -0.25) is 0 Å². The molecule has 2 aliphatic heterocycles. The third-order valence-electron chi connectivity index (χ3n) is 5.79. The van der Waals surface area contributed by atoms with Crippen molar-refractivity contribution in [2.75, 3.05) is 6.61 Å². The van der Waals surface area contributed by atoms with Gasteiger partial charge in [0.1, 0.15) is 0 Å². The second-order valence-corrected chi connectivity index (χ2v) is 8.36. The van der Waals surface area contributed by atoms with Gasteiger partial charge < -0.3 is 20.1 Å². The van der Waals surface area contributed by atoms with E-state index < -0.39 is 16.8 Å². The second-order valence-electron chi connectivity index (χ2n) is 8.36. The van der Waals surface area contributed by atoms with E-state index in [2.05, 4.69) is 13.8 Å². The van der Waals surface area contributed by atoms with Crippen LogP contribution in [-0.4, -0.2) is 44.8 Å². The summed E-state index contributed by atoms with van der Waals surface area (Å²) >= 11 is 0. The molecule has 2 heterocycles. The lowest BCUT2D eigenvalue weighted by Gasteiger charge is -2.49. The molecule has 0 unspecified atom stereocenters. The average Bonchev–Trinajstić information content (AvgIpc) is 2.49. The maximum absolute atomic E-state index is 10.8. The van der Waals surface area contributed by atoms with Crippen molar-refractivity contribution in [2.45, 2.75) is 89.1 Å². The fourth-order valence-electron chi connectivity index (χ4n) is 3.70. The molecule has 1 fully saturated rings. The first-order valence-corrected chi connectivity index (χ1v) is 9.22. The van der Waals surface area contributed by atoms with Gasteiger partial charge in [-0.1, -0.05) is 32.1 Å². The van der Waals surface area contributed by atoms with Crippen molar-refractivity contribution in [1.82, 2.24) is 0 Å². The van der Waals surface area contributed by atoms with Crippen molar-refractivity contribution < 1.29 is 20.1 Å². The SMILES string of the molecule is CC(C)[C@@]12/C=C\[C@@](C)(O)CC/C=C(/CO)CC[C@H](O1)[C@@](C)(O)CC2. The van der Waals surface area contributed by atoms with E-state index in [0.29, 0.717) is 25.7 Å². The zero-order valence-corrected chi connectivity index (χ0v) is 15.6. The van der Waals surface area contributed by atoms with Crippen molar-refractivity contribution >= 4 is 0 Å². The summed E-state index contributed by atoms with van der Waals surface area (Å²) in [6.07, 6.45) is 9.76. The van der Waals surface area contributed by atoms with Crippen LogP contribution in [0.4, 0.5) is 0 Å². The van der Waals surface area contributed by atoms with Crippen LogP contribution in [0.2, 0.25) is 0 Å². The summed E-state index contributed by atoms with van der Waals surface area (Å²) in [6, 6.07) is 0. The predicted molar refractivity (Wildman–Crippen MR) is 95.7 cm³/mol. The van der Waals surface area contributed by atoms with Crippen LogP contribution in [-0.2, 0) is 4.74 Å². The van der Waals surface area contributed by atoms with E-state index in [4.69, 9.17) is 4.74 Å². The van der Waals surface area contributed by atoms with Crippen LogP contribution in [0.5, 0.6) is 0 Å². The quantitative estimate of drug-likeness (QED) is 0.677. The second kappa shape index (κ2) is 7.28. The van der Waals surface area contributed by atoms with Crippen molar-refractivity contribution in [1.29, 1.82) is 0 Å². The minimum absolute atomic E-state index is 0.0160. The van der Waals surface area contributed by atoms with Gasteiger partial charge in [0.25, 0.3) is 0 Å². The van der Waals surface area contributed by atoms with Gasteiger partial charge in [-0.15, -0.1) is 0 Å². The molecule has 0 aromatic carbocycles.